The molecule has 0 spiro atoms. The number of pyridine rings is 1. The van der Waals surface area contributed by atoms with Gasteiger partial charge in [-0.05, 0) is 38.3 Å². The lowest BCUT2D eigenvalue weighted by Crippen LogP contribution is -2.35. The Labute approximate surface area is 192 Å². The lowest BCUT2D eigenvalue weighted by molar-refractivity contribution is 0.178. The summed E-state index contributed by atoms with van der Waals surface area (Å²) in [6.45, 7) is 2.50. The van der Waals surface area contributed by atoms with Crippen LogP contribution in [0, 0.1) is 17.2 Å². The van der Waals surface area contributed by atoms with Crippen molar-refractivity contribution < 1.29 is 9.53 Å². The Morgan fingerprint density at radius 1 is 1.41 bits per heavy atom. The molecule has 0 unspecified atom stereocenters. The van der Waals surface area contributed by atoms with Gasteiger partial charge >= 0.3 is 6.09 Å². The fraction of sp³-hybridized carbons (Fsp3) is 0.429. The second kappa shape index (κ2) is 10.8. The van der Waals surface area contributed by atoms with Crippen molar-refractivity contribution in [1.29, 1.82) is 5.26 Å². The van der Waals surface area contributed by atoms with Crippen molar-refractivity contribution in [2.24, 2.45) is 10.9 Å². The lowest BCUT2D eigenvalue weighted by Gasteiger charge is -2.27. The van der Waals surface area contributed by atoms with Gasteiger partial charge in [-0.15, -0.1) is 12.4 Å². The maximum atomic E-state index is 12.0. The number of carbonyl (C=O) groups is 1. The molecule has 0 saturated carbocycles. The van der Waals surface area contributed by atoms with E-state index in [2.05, 4.69) is 36.6 Å². The van der Waals surface area contributed by atoms with Crippen LogP contribution in [-0.4, -0.2) is 54.0 Å². The predicted molar refractivity (Wildman–Crippen MR) is 123 cm³/mol. The van der Waals surface area contributed by atoms with Gasteiger partial charge in [0.1, 0.15) is 11.8 Å². The summed E-state index contributed by atoms with van der Waals surface area (Å²) >= 11 is 0. The molecule has 1 amide bonds. The minimum atomic E-state index is -0.419. The molecule has 32 heavy (non-hydrogen) atoms. The Kier molecular flexibility index (Phi) is 7.92. The molecular weight excluding hydrogens is 432 g/mol. The molecule has 0 aliphatic carbocycles. The first kappa shape index (κ1) is 23.4. The molecule has 0 aromatic carbocycles. The number of fused-ring (bicyclic) bond motifs is 1. The van der Waals surface area contributed by atoms with Gasteiger partial charge in [0, 0.05) is 25.2 Å². The molecule has 1 fully saturated rings. The first-order valence-corrected chi connectivity index (χ1v) is 10.3. The number of aliphatic imine (C=N–C) groups is 1. The summed E-state index contributed by atoms with van der Waals surface area (Å²) in [6, 6.07) is 3.85. The van der Waals surface area contributed by atoms with Crippen LogP contribution in [0.3, 0.4) is 0 Å². The number of halogens is 1. The third-order valence-corrected chi connectivity index (χ3v) is 5.32. The number of nitrogens with zero attached hydrogens (tertiary/aromatic N) is 6. The number of nitrogens with one attached hydrogen (secondary N) is 2. The third-order valence-electron chi connectivity index (χ3n) is 5.32. The molecule has 4 rings (SSSR count). The van der Waals surface area contributed by atoms with Gasteiger partial charge < -0.3 is 15.4 Å². The number of hydrogen-bond acceptors (Lipinski definition) is 9. The van der Waals surface area contributed by atoms with Crippen LogP contribution >= 0.6 is 12.4 Å². The van der Waals surface area contributed by atoms with Gasteiger partial charge in [0.05, 0.1) is 36.6 Å². The van der Waals surface area contributed by atoms with Crippen LogP contribution < -0.4 is 15.5 Å². The highest BCUT2D eigenvalue weighted by Gasteiger charge is 2.25. The van der Waals surface area contributed by atoms with Crippen molar-refractivity contribution in [1.82, 2.24) is 20.3 Å². The zero-order valence-electron chi connectivity index (χ0n) is 17.7. The van der Waals surface area contributed by atoms with Gasteiger partial charge in [0.2, 0.25) is 5.95 Å². The van der Waals surface area contributed by atoms with E-state index in [-0.39, 0.29) is 18.1 Å². The fourth-order valence-corrected chi connectivity index (χ4v) is 3.73. The average molecular weight is 457 g/mol. The zero-order valence-corrected chi connectivity index (χ0v) is 18.6. The number of piperidine rings is 1. The molecule has 10 nitrogen and oxygen atoms in total. The topological polar surface area (TPSA) is 128 Å². The number of aromatic nitrogens is 3. The van der Waals surface area contributed by atoms with Crippen molar-refractivity contribution in [2.45, 2.75) is 25.7 Å². The number of hydrogen-bond donors (Lipinski definition) is 2. The Hall–Kier alpha value is -3.29. The number of ether oxygens (including phenoxy) is 1. The summed E-state index contributed by atoms with van der Waals surface area (Å²) in [4.78, 5) is 31.1. The average Bonchev–Trinajstić information content (AvgIpc) is 2.82. The lowest BCUT2D eigenvalue weighted by atomic mass is 10.0. The monoisotopic (exact) mass is 456 g/mol. The zero-order chi connectivity index (χ0) is 21.6. The van der Waals surface area contributed by atoms with E-state index in [1.165, 1.54) is 7.11 Å². The molecule has 2 aromatic rings. The van der Waals surface area contributed by atoms with E-state index in [4.69, 9.17) is 4.74 Å². The quantitative estimate of drug-likeness (QED) is 0.671. The highest BCUT2D eigenvalue weighted by molar-refractivity contribution is 5.88. The molecule has 2 aromatic heterocycles. The second-order valence-corrected chi connectivity index (χ2v) is 7.46. The summed E-state index contributed by atoms with van der Waals surface area (Å²) in [5.41, 5.74) is 2.85. The van der Waals surface area contributed by atoms with Gasteiger partial charge in [-0.25, -0.2) is 19.7 Å². The maximum Gasteiger partial charge on any atom is 0.414 e. The molecule has 2 N–H and O–H groups in total. The van der Waals surface area contributed by atoms with Crippen molar-refractivity contribution >= 4 is 47.7 Å². The summed E-state index contributed by atoms with van der Waals surface area (Å²) in [5.74, 6) is 0.738. The van der Waals surface area contributed by atoms with E-state index in [0.717, 1.165) is 44.5 Å². The van der Waals surface area contributed by atoms with E-state index in [1.807, 2.05) is 6.21 Å². The van der Waals surface area contributed by atoms with Gasteiger partial charge in [-0.1, -0.05) is 0 Å². The summed E-state index contributed by atoms with van der Waals surface area (Å²) in [6.07, 6.45) is 8.39. The van der Waals surface area contributed by atoms with Crippen LogP contribution in [0.1, 0.15) is 30.7 Å². The maximum absolute atomic E-state index is 12.0. The van der Waals surface area contributed by atoms with E-state index in [9.17, 15) is 10.1 Å². The summed E-state index contributed by atoms with van der Waals surface area (Å²) in [7, 11) is 1.36. The smallest absolute Gasteiger partial charge is 0.414 e. The number of amides is 1. The highest BCUT2D eigenvalue weighted by atomic mass is 35.5. The van der Waals surface area contributed by atoms with Crippen LogP contribution in [0.15, 0.2) is 23.5 Å². The van der Waals surface area contributed by atoms with Crippen LogP contribution in [-0.2, 0) is 11.2 Å². The normalized spacial score (nSPS) is 17.8. The van der Waals surface area contributed by atoms with E-state index in [0.29, 0.717) is 35.5 Å². The molecule has 2 aliphatic rings. The van der Waals surface area contributed by atoms with Crippen LogP contribution in [0.5, 0.6) is 0 Å². The van der Waals surface area contributed by atoms with Crippen LogP contribution in [0.25, 0.3) is 0 Å². The number of methoxy groups -OCH3 is 1. The molecule has 0 bridgehead atoms. The molecular formula is C21H25ClN8O2. The Balaban J connectivity index is 0.00000289. The number of nitriles is 1. The number of rotatable bonds is 4. The molecule has 1 saturated heterocycles. The highest BCUT2D eigenvalue weighted by Crippen LogP contribution is 2.28. The van der Waals surface area contributed by atoms with Gasteiger partial charge in [0.15, 0.2) is 5.69 Å². The number of anilines is 3. The number of aryl methyl sites for hydroxylation is 1. The van der Waals surface area contributed by atoms with Gasteiger partial charge in [-0.2, -0.15) is 5.26 Å². The van der Waals surface area contributed by atoms with E-state index in [1.54, 1.807) is 23.4 Å². The van der Waals surface area contributed by atoms with Crippen molar-refractivity contribution in [3.8, 4) is 6.07 Å². The third kappa shape index (κ3) is 5.30. The second-order valence-electron chi connectivity index (χ2n) is 7.46. The summed E-state index contributed by atoms with van der Waals surface area (Å²) < 4.78 is 4.84. The van der Waals surface area contributed by atoms with Crippen LogP contribution in [0.4, 0.5) is 27.8 Å². The van der Waals surface area contributed by atoms with Gasteiger partial charge in [0.25, 0.3) is 0 Å². The predicted octanol–water partition coefficient (Wildman–Crippen LogP) is 3.13. The Morgan fingerprint density at radius 3 is 3.03 bits per heavy atom. The first-order valence-electron chi connectivity index (χ1n) is 10.3. The molecule has 0 radical (unpaired) electrons. The van der Waals surface area contributed by atoms with Crippen molar-refractivity contribution in [3.05, 3.63) is 29.8 Å². The first-order chi connectivity index (χ1) is 15.2. The minimum absolute atomic E-state index is 0. The fourth-order valence-electron chi connectivity index (χ4n) is 3.73. The SMILES string of the molecule is COC(=O)N1CCCc2nc(Nc3cnc(C#N)c(N=C[C@@H]4CCCNC4)c3)ncc21.Cl. The Morgan fingerprint density at radius 2 is 2.28 bits per heavy atom. The van der Waals surface area contributed by atoms with Gasteiger partial charge in [-0.3, -0.25) is 9.89 Å². The van der Waals surface area contributed by atoms with Crippen LogP contribution in [0.2, 0.25) is 0 Å². The Bertz CT molecular complexity index is 1030. The largest absolute Gasteiger partial charge is 0.452 e. The number of carbonyl (C=O) groups excluding carboxylic acids is 1. The van der Waals surface area contributed by atoms with Crippen molar-refractivity contribution in [2.75, 3.05) is 37.0 Å². The summed E-state index contributed by atoms with van der Waals surface area (Å²) in [5, 5.41) is 15.8. The molecule has 168 valence electrons. The molecule has 1 atom stereocenters. The standard InChI is InChI=1S/C21H24N8O2.ClH/c1-31-21(30)29-7-3-5-16-19(29)13-26-20(28-16)27-15-8-17(18(9-22)25-12-15)24-11-14-4-2-6-23-10-14;/h8,11-14,23H,2-7,10H2,1H3,(H,26,27,28);1H/t14-;/m1./s1. The van der Waals surface area contributed by atoms with E-state index < -0.39 is 6.09 Å². The van der Waals surface area contributed by atoms with Crippen molar-refractivity contribution in [3.63, 3.8) is 0 Å². The molecule has 4 heterocycles. The molecule has 11 heteroatoms. The van der Waals surface area contributed by atoms with E-state index >= 15 is 0 Å². The minimum Gasteiger partial charge on any atom is -0.452 e. The molecule has 2 aliphatic heterocycles.